The van der Waals surface area contributed by atoms with Crippen LogP contribution in [0, 0.1) is 0 Å². The van der Waals surface area contributed by atoms with Gasteiger partial charge in [-0.3, -0.25) is 14.5 Å². The number of hydrogen-bond donors (Lipinski definition) is 0. The lowest BCUT2D eigenvalue weighted by Crippen LogP contribution is -2.46. The number of amides is 1. The van der Waals surface area contributed by atoms with E-state index >= 15 is 0 Å². The highest BCUT2D eigenvalue weighted by atomic mass is 16.6. The summed E-state index contributed by atoms with van der Waals surface area (Å²) < 4.78 is 4.60. The van der Waals surface area contributed by atoms with Gasteiger partial charge in [-0.1, -0.05) is 30.3 Å². The average Bonchev–Trinajstić information content (AvgIpc) is 2.68. The first kappa shape index (κ1) is 11.0. The van der Waals surface area contributed by atoms with E-state index in [1.165, 1.54) is 4.90 Å². The number of esters is 1. The fourth-order valence-electron chi connectivity index (χ4n) is 2.57. The molecule has 1 aromatic carbocycles. The highest BCUT2D eigenvalue weighted by Crippen LogP contribution is 2.37. The Morgan fingerprint density at radius 3 is 2.44 bits per heavy atom. The molecule has 2 fully saturated rings. The maximum atomic E-state index is 11.9. The van der Waals surface area contributed by atoms with Crippen molar-refractivity contribution in [2.24, 2.45) is 0 Å². The van der Waals surface area contributed by atoms with Crippen LogP contribution in [-0.2, 0) is 14.3 Å². The average molecular weight is 245 g/mol. The highest BCUT2D eigenvalue weighted by Gasteiger charge is 2.49. The van der Waals surface area contributed by atoms with Gasteiger partial charge in [0.25, 0.3) is 0 Å². The topological polar surface area (TPSA) is 63.7 Å². The summed E-state index contributed by atoms with van der Waals surface area (Å²) in [5.74, 6) is -0.697. The van der Waals surface area contributed by atoms with Crippen molar-refractivity contribution in [1.82, 2.24) is 4.90 Å². The third kappa shape index (κ3) is 1.59. The molecule has 5 nitrogen and oxygen atoms in total. The third-order valence-corrected chi connectivity index (χ3v) is 3.39. The molecule has 2 atom stereocenters. The lowest BCUT2D eigenvalue weighted by molar-refractivity contribution is -0.145. The summed E-state index contributed by atoms with van der Waals surface area (Å²) in [5.41, 5.74) is 0.889. The fourth-order valence-corrected chi connectivity index (χ4v) is 2.57. The number of fused-ring (bicyclic) bond motifs is 1. The van der Waals surface area contributed by atoms with Gasteiger partial charge >= 0.3 is 12.1 Å². The van der Waals surface area contributed by atoms with Crippen LogP contribution in [0.2, 0.25) is 0 Å². The standard InChI is InChI=1S/C13H11NO4/c15-11-6-9(8-4-2-1-3-5-8)14-10(11)7-12(16)18-13(14)17/h1-5,9-10H,6-7H2/t9-,10+/m1/s1. The number of cyclic esters (lactones) is 2. The Hall–Kier alpha value is -2.17. The molecule has 0 aromatic heterocycles. The van der Waals surface area contributed by atoms with Crippen molar-refractivity contribution in [3.63, 3.8) is 0 Å². The number of rotatable bonds is 1. The van der Waals surface area contributed by atoms with E-state index in [1.807, 2.05) is 30.3 Å². The summed E-state index contributed by atoms with van der Waals surface area (Å²) in [4.78, 5) is 36.2. The normalized spacial score (nSPS) is 27.1. The molecule has 3 rings (SSSR count). The first-order chi connectivity index (χ1) is 8.66. The number of Topliss-reactive ketones (excluding diaryl/α,β-unsaturated/α-hetero) is 1. The number of ether oxygens (including phenoxy) is 1. The van der Waals surface area contributed by atoms with E-state index in [4.69, 9.17) is 0 Å². The number of ketones is 1. The van der Waals surface area contributed by atoms with Crippen molar-refractivity contribution in [1.29, 1.82) is 0 Å². The number of nitrogens with zero attached hydrogens (tertiary/aromatic N) is 1. The molecule has 0 aliphatic carbocycles. The molecule has 18 heavy (non-hydrogen) atoms. The van der Waals surface area contributed by atoms with Gasteiger partial charge in [-0.05, 0) is 5.56 Å². The Bertz CT molecular complexity index is 525. The summed E-state index contributed by atoms with van der Waals surface area (Å²) in [6.45, 7) is 0. The SMILES string of the molecule is O=C1C[C@H]2C(=O)C[C@H](c3ccccc3)N2C(=O)O1. The Labute approximate surface area is 103 Å². The molecule has 0 N–H and O–H groups in total. The maximum Gasteiger partial charge on any atom is 0.418 e. The molecular formula is C13H11NO4. The van der Waals surface area contributed by atoms with Gasteiger partial charge in [-0.25, -0.2) is 4.79 Å². The Morgan fingerprint density at radius 2 is 1.72 bits per heavy atom. The maximum absolute atomic E-state index is 11.9. The minimum Gasteiger partial charge on any atom is -0.376 e. The van der Waals surface area contributed by atoms with E-state index in [0.717, 1.165) is 5.56 Å². The fraction of sp³-hybridized carbons (Fsp3) is 0.308. The monoisotopic (exact) mass is 245 g/mol. The van der Waals surface area contributed by atoms with Crippen LogP contribution in [0.1, 0.15) is 24.4 Å². The second kappa shape index (κ2) is 3.94. The lowest BCUT2D eigenvalue weighted by atomic mass is 10.0. The van der Waals surface area contributed by atoms with Crippen molar-refractivity contribution >= 4 is 17.8 Å². The van der Waals surface area contributed by atoms with Gasteiger partial charge in [-0.15, -0.1) is 0 Å². The first-order valence-corrected chi connectivity index (χ1v) is 5.77. The highest BCUT2D eigenvalue weighted by molar-refractivity contribution is 6.00. The molecule has 0 unspecified atom stereocenters. The van der Waals surface area contributed by atoms with Crippen LogP contribution in [0.15, 0.2) is 30.3 Å². The smallest absolute Gasteiger partial charge is 0.376 e. The molecule has 2 aliphatic rings. The van der Waals surface area contributed by atoms with Gasteiger partial charge in [-0.2, -0.15) is 0 Å². The van der Waals surface area contributed by atoms with Crippen LogP contribution in [0.4, 0.5) is 4.79 Å². The molecule has 0 radical (unpaired) electrons. The largest absolute Gasteiger partial charge is 0.418 e. The molecule has 1 aromatic rings. The molecular weight excluding hydrogens is 234 g/mol. The minimum absolute atomic E-state index is 0.0338. The molecule has 1 amide bonds. The zero-order valence-electron chi connectivity index (χ0n) is 9.54. The zero-order valence-corrected chi connectivity index (χ0v) is 9.54. The third-order valence-electron chi connectivity index (χ3n) is 3.39. The van der Waals surface area contributed by atoms with Crippen LogP contribution < -0.4 is 0 Å². The van der Waals surface area contributed by atoms with Gasteiger partial charge in [0.05, 0.1) is 12.5 Å². The molecule has 5 heteroatoms. The van der Waals surface area contributed by atoms with E-state index in [-0.39, 0.29) is 24.7 Å². The molecule has 0 bridgehead atoms. The lowest BCUT2D eigenvalue weighted by Gasteiger charge is -2.31. The van der Waals surface area contributed by atoms with Crippen molar-refractivity contribution in [2.45, 2.75) is 24.9 Å². The van der Waals surface area contributed by atoms with Crippen molar-refractivity contribution in [3.05, 3.63) is 35.9 Å². The summed E-state index contributed by atoms with van der Waals surface area (Å²) in [7, 11) is 0. The van der Waals surface area contributed by atoms with E-state index < -0.39 is 18.1 Å². The Kier molecular flexibility index (Phi) is 2.40. The van der Waals surface area contributed by atoms with Gasteiger partial charge in [0.1, 0.15) is 6.04 Å². The second-order valence-corrected chi connectivity index (χ2v) is 4.46. The number of carbonyl (C=O) groups is 3. The number of carbonyl (C=O) groups excluding carboxylic acids is 3. The predicted molar refractivity (Wildman–Crippen MR) is 60.5 cm³/mol. The van der Waals surface area contributed by atoms with Crippen LogP contribution >= 0.6 is 0 Å². The van der Waals surface area contributed by atoms with Crippen molar-refractivity contribution in [2.75, 3.05) is 0 Å². The van der Waals surface area contributed by atoms with Crippen LogP contribution in [-0.4, -0.2) is 28.8 Å². The van der Waals surface area contributed by atoms with Crippen molar-refractivity contribution < 1.29 is 19.1 Å². The first-order valence-electron chi connectivity index (χ1n) is 5.77. The van der Waals surface area contributed by atoms with Crippen LogP contribution in [0.25, 0.3) is 0 Å². The van der Waals surface area contributed by atoms with Crippen LogP contribution in [0.5, 0.6) is 0 Å². The van der Waals surface area contributed by atoms with E-state index in [2.05, 4.69) is 4.74 Å². The van der Waals surface area contributed by atoms with Crippen molar-refractivity contribution in [3.8, 4) is 0 Å². The van der Waals surface area contributed by atoms with Crippen LogP contribution in [0.3, 0.4) is 0 Å². The number of benzene rings is 1. The summed E-state index contributed by atoms with van der Waals surface area (Å²) in [6, 6.07) is 8.35. The number of hydrogen-bond acceptors (Lipinski definition) is 4. The molecule has 2 aliphatic heterocycles. The minimum atomic E-state index is -0.712. The molecule has 0 saturated carbocycles. The van der Waals surface area contributed by atoms with E-state index in [1.54, 1.807) is 0 Å². The van der Waals surface area contributed by atoms with E-state index in [0.29, 0.717) is 0 Å². The Morgan fingerprint density at radius 1 is 1.00 bits per heavy atom. The van der Waals surface area contributed by atoms with Gasteiger partial charge in [0.2, 0.25) is 0 Å². The second-order valence-electron chi connectivity index (χ2n) is 4.46. The Balaban J connectivity index is 1.97. The zero-order chi connectivity index (χ0) is 12.7. The molecule has 92 valence electrons. The molecule has 2 saturated heterocycles. The van der Waals surface area contributed by atoms with E-state index in [9.17, 15) is 14.4 Å². The van der Waals surface area contributed by atoms with Gasteiger partial charge < -0.3 is 4.74 Å². The summed E-state index contributed by atoms with van der Waals surface area (Å²) in [5, 5.41) is 0. The van der Waals surface area contributed by atoms with Gasteiger partial charge in [0.15, 0.2) is 5.78 Å². The summed E-state index contributed by atoms with van der Waals surface area (Å²) in [6.07, 6.45) is -0.499. The summed E-state index contributed by atoms with van der Waals surface area (Å²) >= 11 is 0. The molecule has 0 spiro atoms. The quantitative estimate of drug-likeness (QED) is 0.554. The van der Waals surface area contributed by atoms with Gasteiger partial charge in [0, 0.05) is 6.42 Å². The predicted octanol–water partition coefficient (Wildman–Crippen LogP) is 1.44. The molecule has 2 heterocycles.